The Morgan fingerprint density at radius 2 is 1.86 bits per heavy atom. The van der Waals surface area contributed by atoms with Crippen LogP contribution in [0.15, 0.2) is 53.7 Å². The second-order valence-corrected chi connectivity index (χ2v) is 6.69. The number of nitrogens with one attached hydrogen (secondary N) is 2. The predicted octanol–water partition coefficient (Wildman–Crippen LogP) is 4.26. The monoisotopic (exact) mass is 400 g/mol. The fourth-order valence-electron chi connectivity index (χ4n) is 3.14. The van der Waals surface area contributed by atoms with Crippen LogP contribution < -0.4 is 20.1 Å². The van der Waals surface area contributed by atoms with Gasteiger partial charge in [-0.25, -0.2) is 4.79 Å². The number of Topliss-reactive ketones (excluding diaryl/α,β-unsaturated/α-hetero) is 1. The summed E-state index contributed by atoms with van der Waals surface area (Å²) in [5, 5.41) is 6.05. The topological polar surface area (TPSA) is 76.7 Å². The Hall–Kier alpha value is -2.99. The van der Waals surface area contributed by atoms with Crippen molar-refractivity contribution in [2.24, 2.45) is 0 Å². The summed E-state index contributed by atoms with van der Waals surface area (Å²) < 4.78 is 11.0. The molecular weight excluding hydrogens is 380 g/mol. The summed E-state index contributed by atoms with van der Waals surface area (Å²) in [6.45, 7) is 4.09. The van der Waals surface area contributed by atoms with Gasteiger partial charge in [0.25, 0.3) is 0 Å². The van der Waals surface area contributed by atoms with E-state index in [9.17, 15) is 9.59 Å². The Kier molecular flexibility index (Phi) is 5.90. The average Bonchev–Trinajstić information content (AvgIpc) is 2.68. The number of urea groups is 1. The normalized spacial score (nSPS) is 16.3. The molecule has 2 amide bonds. The van der Waals surface area contributed by atoms with E-state index in [1.807, 2.05) is 13.0 Å². The molecule has 7 heteroatoms. The molecule has 0 spiro atoms. The van der Waals surface area contributed by atoms with Crippen molar-refractivity contribution in [1.82, 2.24) is 10.6 Å². The number of amides is 2. The van der Waals surface area contributed by atoms with Gasteiger partial charge in [-0.1, -0.05) is 17.7 Å². The van der Waals surface area contributed by atoms with Crippen molar-refractivity contribution in [3.05, 3.63) is 69.9 Å². The van der Waals surface area contributed by atoms with Gasteiger partial charge in [-0.2, -0.15) is 0 Å². The highest BCUT2D eigenvalue weighted by Crippen LogP contribution is 2.35. The zero-order valence-corrected chi connectivity index (χ0v) is 16.6. The molecule has 0 aliphatic carbocycles. The number of ketones is 1. The second-order valence-electron chi connectivity index (χ2n) is 6.25. The summed E-state index contributed by atoms with van der Waals surface area (Å²) in [5.74, 6) is 0.933. The lowest BCUT2D eigenvalue weighted by molar-refractivity contribution is 0.102. The number of hydrogen-bond acceptors (Lipinski definition) is 4. The van der Waals surface area contributed by atoms with Crippen LogP contribution in [0.5, 0.6) is 11.5 Å². The van der Waals surface area contributed by atoms with Crippen molar-refractivity contribution in [3.63, 3.8) is 0 Å². The molecule has 2 N–H and O–H groups in total. The SMILES string of the molecule is CCOc1ccc([C@@H]2NC(=O)NC(C)=C2C(=O)c2ccc(Cl)cc2)cc1OC. The van der Waals surface area contributed by atoms with E-state index in [1.54, 1.807) is 50.4 Å². The zero-order valence-electron chi connectivity index (χ0n) is 15.8. The maximum atomic E-state index is 13.2. The molecule has 6 nitrogen and oxygen atoms in total. The Balaban J connectivity index is 2.04. The molecule has 0 radical (unpaired) electrons. The third kappa shape index (κ3) is 3.97. The summed E-state index contributed by atoms with van der Waals surface area (Å²) in [7, 11) is 1.55. The van der Waals surface area contributed by atoms with Crippen LogP contribution in [0.2, 0.25) is 5.02 Å². The number of carbonyl (C=O) groups is 2. The Morgan fingerprint density at radius 3 is 2.50 bits per heavy atom. The molecule has 0 unspecified atom stereocenters. The number of halogens is 1. The average molecular weight is 401 g/mol. The van der Waals surface area contributed by atoms with Gasteiger partial charge in [-0.15, -0.1) is 0 Å². The molecular formula is C21H21ClN2O4. The zero-order chi connectivity index (χ0) is 20.3. The van der Waals surface area contributed by atoms with Gasteiger partial charge in [0.15, 0.2) is 17.3 Å². The third-order valence-electron chi connectivity index (χ3n) is 4.44. The molecule has 3 rings (SSSR count). The molecule has 28 heavy (non-hydrogen) atoms. The molecule has 1 aliphatic heterocycles. The Morgan fingerprint density at radius 1 is 1.14 bits per heavy atom. The summed E-state index contributed by atoms with van der Waals surface area (Å²) >= 11 is 5.93. The van der Waals surface area contributed by atoms with Crippen molar-refractivity contribution in [3.8, 4) is 11.5 Å². The first-order valence-corrected chi connectivity index (χ1v) is 9.21. The minimum absolute atomic E-state index is 0.195. The molecule has 0 aromatic heterocycles. The number of ether oxygens (including phenoxy) is 2. The maximum Gasteiger partial charge on any atom is 0.319 e. The molecule has 1 heterocycles. The van der Waals surface area contributed by atoms with Gasteiger partial charge in [-0.3, -0.25) is 4.79 Å². The number of allylic oxidation sites excluding steroid dienone is 1. The van der Waals surface area contributed by atoms with Crippen LogP contribution in [0.4, 0.5) is 4.79 Å². The van der Waals surface area contributed by atoms with E-state index < -0.39 is 6.04 Å². The number of methoxy groups -OCH3 is 1. The second kappa shape index (κ2) is 8.35. The van der Waals surface area contributed by atoms with Crippen molar-refractivity contribution >= 4 is 23.4 Å². The molecule has 0 saturated heterocycles. The first kappa shape index (κ1) is 19.8. The molecule has 2 aromatic carbocycles. The first-order chi connectivity index (χ1) is 13.4. The van der Waals surface area contributed by atoms with Crippen LogP contribution in [0.1, 0.15) is 35.8 Å². The van der Waals surface area contributed by atoms with E-state index in [4.69, 9.17) is 21.1 Å². The summed E-state index contributed by atoms with van der Waals surface area (Å²) in [5.41, 5.74) is 2.15. The van der Waals surface area contributed by atoms with Crippen LogP contribution >= 0.6 is 11.6 Å². The first-order valence-electron chi connectivity index (χ1n) is 8.83. The quantitative estimate of drug-likeness (QED) is 0.710. The minimum Gasteiger partial charge on any atom is -0.493 e. The molecule has 0 saturated carbocycles. The minimum atomic E-state index is -0.624. The lowest BCUT2D eigenvalue weighted by atomic mass is 9.89. The van der Waals surface area contributed by atoms with Gasteiger partial charge >= 0.3 is 6.03 Å². The van der Waals surface area contributed by atoms with Crippen molar-refractivity contribution in [1.29, 1.82) is 0 Å². The fourth-order valence-corrected chi connectivity index (χ4v) is 3.27. The van der Waals surface area contributed by atoms with E-state index >= 15 is 0 Å². The van der Waals surface area contributed by atoms with E-state index in [0.29, 0.717) is 45.5 Å². The third-order valence-corrected chi connectivity index (χ3v) is 4.69. The maximum absolute atomic E-state index is 13.2. The van der Waals surface area contributed by atoms with Gasteiger partial charge < -0.3 is 20.1 Å². The molecule has 146 valence electrons. The van der Waals surface area contributed by atoms with Crippen molar-refractivity contribution in [2.75, 3.05) is 13.7 Å². The lowest BCUT2D eigenvalue weighted by Crippen LogP contribution is -2.45. The molecule has 2 aromatic rings. The van der Waals surface area contributed by atoms with Gasteiger partial charge in [0.05, 0.1) is 19.8 Å². The van der Waals surface area contributed by atoms with Crippen molar-refractivity contribution < 1.29 is 19.1 Å². The van der Waals surface area contributed by atoms with Crippen LogP contribution in [0.25, 0.3) is 0 Å². The van der Waals surface area contributed by atoms with Crippen LogP contribution in [0, 0.1) is 0 Å². The van der Waals surface area contributed by atoms with Gasteiger partial charge in [0.1, 0.15) is 0 Å². The molecule has 0 fully saturated rings. The molecule has 1 atom stereocenters. The van der Waals surface area contributed by atoms with Crippen molar-refractivity contribution in [2.45, 2.75) is 19.9 Å². The highest BCUT2D eigenvalue weighted by atomic mass is 35.5. The van der Waals surface area contributed by atoms with Gasteiger partial charge in [-0.05, 0) is 55.8 Å². The van der Waals surface area contributed by atoms with E-state index in [-0.39, 0.29) is 11.8 Å². The van der Waals surface area contributed by atoms with Crippen LogP contribution in [-0.4, -0.2) is 25.5 Å². The number of rotatable bonds is 6. The fraction of sp³-hybridized carbons (Fsp3) is 0.238. The standard InChI is InChI=1S/C21H21ClN2O4/c1-4-28-16-10-7-14(11-17(16)27-3)19-18(12(2)23-21(26)24-19)20(25)13-5-8-15(22)9-6-13/h5-11,19H,4H2,1-3H3,(H2,23,24,26)/t19-/m0/s1. The Labute approximate surface area is 168 Å². The molecule has 1 aliphatic rings. The summed E-state index contributed by atoms with van der Waals surface area (Å²) in [6.07, 6.45) is 0. The van der Waals surface area contributed by atoms with E-state index in [0.717, 1.165) is 0 Å². The van der Waals surface area contributed by atoms with Gasteiger partial charge in [0, 0.05) is 21.9 Å². The van der Waals surface area contributed by atoms with Crippen LogP contribution in [0.3, 0.4) is 0 Å². The molecule has 0 bridgehead atoms. The predicted molar refractivity (Wildman–Crippen MR) is 107 cm³/mol. The number of carbonyl (C=O) groups excluding carboxylic acids is 2. The highest BCUT2D eigenvalue weighted by Gasteiger charge is 2.32. The summed E-state index contributed by atoms with van der Waals surface area (Å²) in [6, 6.07) is 11.0. The van der Waals surface area contributed by atoms with E-state index in [2.05, 4.69) is 10.6 Å². The Bertz CT molecular complexity index is 938. The smallest absolute Gasteiger partial charge is 0.319 e. The van der Waals surface area contributed by atoms with Gasteiger partial charge in [0.2, 0.25) is 0 Å². The van der Waals surface area contributed by atoms with E-state index in [1.165, 1.54) is 0 Å². The lowest BCUT2D eigenvalue weighted by Gasteiger charge is -2.29. The number of hydrogen-bond donors (Lipinski definition) is 2. The highest BCUT2D eigenvalue weighted by molar-refractivity contribution is 6.30. The largest absolute Gasteiger partial charge is 0.493 e. The summed E-state index contributed by atoms with van der Waals surface area (Å²) in [4.78, 5) is 25.3. The number of benzene rings is 2. The van der Waals surface area contributed by atoms with Crippen LogP contribution in [-0.2, 0) is 0 Å².